The van der Waals surface area contributed by atoms with Crippen molar-refractivity contribution in [3.8, 4) is 11.6 Å². The van der Waals surface area contributed by atoms with Crippen molar-refractivity contribution in [2.45, 2.75) is 19.3 Å². The molecule has 3 N–H and O–H groups in total. The van der Waals surface area contributed by atoms with Gasteiger partial charge >= 0.3 is 12.3 Å². The molecule has 0 aromatic carbocycles. The molecule has 9 heteroatoms. The second-order valence-electron chi connectivity index (χ2n) is 3.42. The maximum Gasteiger partial charge on any atom is 0.573 e. The van der Waals surface area contributed by atoms with Crippen LogP contribution in [0.5, 0.6) is 11.6 Å². The Kier molecular flexibility index (Phi) is 4.54. The van der Waals surface area contributed by atoms with E-state index in [0.29, 0.717) is 0 Å². The third-order valence-electron chi connectivity index (χ3n) is 2.06. The molecule has 1 rings (SSSR count). The van der Waals surface area contributed by atoms with Gasteiger partial charge in [-0.3, -0.25) is 4.79 Å². The molecule has 19 heavy (non-hydrogen) atoms. The largest absolute Gasteiger partial charge is 0.573 e. The summed E-state index contributed by atoms with van der Waals surface area (Å²) in [7, 11) is 1.22. The van der Waals surface area contributed by atoms with E-state index in [1.165, 1.54) is 7.11 Å². The first-order chi connectivity index (χ1) is 8.76. The Bertz CT molecular complexity index is 477. The zero-order valence-corrected chi connectivity index (χ0v) is 9.82. The monoisotopic (exact) mass is 280 g/mol. The summed E-state index contributed by atoms with van der Waals surface area (Å²) >= 11 is 0. The van der Waals surface area contributed by atoms with E-state index in [2.05, 4.69) is 9.72 Å². The van der Waals surface area contributed by atoms with E-state index in [0.717, 1.165) is 6.07 Å². The molecule has 0 amide bonds. The molecule has 0 aliphatic heterocycles. The van der Waals surface area contributed by atoms with E-state index in [9.17, 15) is 18.0 Å². The zero-order chi connectivity index (χ0) is 14.6. The van der Waals surface area contributed by atoms with Crippen LogP contribution in [0.1, 0.15) is 11.3 Å². The Hall–Kier alpha value is -2.03. The quantitative estimate of drug-likeness (QED) is 0.838. The van der Waals surface area contributed by atoms with Gasteiger partial charge in [-0.1, -0.05) is 0 Å². The number of carboxylic acids is 1. The normalized spacial score (nSPS) is 11.2. The predicted molar refractivity (Wildman–Crippen MR) is 56.7 cm³/mol. The van der Waals surface area contributed by atoms with Gasteiger partial charge in [0.2, 0.25) is 5.88 Å². The maximum atomic E-state index is 12.2. The number of carbonyl (C=O) groups is 1. The van der Waals surface area contributed by atoms with Gasteiger partial charge in [0.05, 0.1) is 13.5 Å². The smallest absolute Gasteiger partial charge is 0.481 e. The summed E-state index contributed by atoms with van der Waals surface area (Å²) in [5, 5.41) is 8.67. The van der Waals surface area contributed by atoms with Crippen molar-refractivity contribution >= 4 is 5.97 Å². The molecule has 1 aromatic heterocycles. The fourth-order valence-electron chi connectivity index (χ4n) is 1.38. The van der Waals surface area contributed by atoms with Crippen LogP contribution >= 0.6 is 0 Å². The van der Waals surface area contributed by atoms with Crippen molar-refractivity contribution in [3.05, 3.63) is 17.3 Å². The topological polar surface area (TPSA) is 94.7 Å². The van der Waals surface area contributed by atoms with Crippen LogP contribution in [0.15, 0.2) is 6.07 Å². The summed E-state index contributed by atoms with van der Waals surface area (Å²) in [5.41, 5.74) is 5.05. The van der Waals surface area contributed by atoms with Gasteiger partial charge in [0, 0.05) is 12.1 Å². The summed E-state index contributed by atoms with van der Waals surface area (Å²) in [6, 6.07) is 0.912. The highest BCUT2D eigenvalue weighted by atomic mass is 19.4. The van der Waals surface area contributed by atoms with Gasteiger partial charge in [-0.2, -0.15) is 0 Å². The van der Waals surface area contributed by atoms with E-state index in [-0.39, 0.29) is 23.7 Å². The molecule has 106 valence electrons. The van der Waals surface area contributed by atoms with Gasteiger partial charge < -0.3 is 20.3 Å². The van der Waals surface area contributed by atoms with Crippen molar-refractivity contribution < 1.29 is 32.5 Å². The van der Waals surface area contributed by atoms with Crippen LogP contribution in [0, 0.1) is 0 Å². The molecule has 0 bridgehead atoms. The average molecular weight is 280 g/mol. The fourth-order valence-corrected chi connectivity index (χ4v) is 1.38. The highest BCUT2D eigenvalue weighted by Gasteiger charge is 2.33. The number of rotatable bonds is 5. The molecule has 0 aliphatic carbocycles. The molecule has 0 radical (unpaired) electrons. The third-order valence-corrected chi connectivity index (χ3v) is 2.06. The standard InChI is InChI=1S/C10H11F3N2O4/c1-18-9-5(3-8(16)17)2-7(6(4-14)15-9)19-10(11,12)13/h2H,3-4,14H2,1H3,(H,16,17). The van der Waals surface area contributed by atoms with Crippen molar-refractivity contribution in [2.24, 2.45) is 5.73 Å². The van der Waals surface area contributed by atoms with E-state index in [1.807, 2.05) is 0 Å². The third kappa shape index (κ3) is 4.28. The molecule has 0 spiro atoms. The number of nitrogens with two attached hydrogens (primary N) is 1. The summed E-state index contributed by atoms with van der Waals surface area (Å²) in [4.78, 5) is 14.3. The number of pyridine rings is 1. The minimum absolute atomic E-state index is 0.0357. The van der Waals surface area contributed by atoms with Gasteiger partial charge in [0.15, 0.2) is 5.75 Å². The van der Waals surface area contributed by atoms with Crippen molar-refractivity contribution in [1.29, 1.82) is 0 Å². The number of ether oxygens (including phenoxy) is 2. The highest BCUT2D eigenvalue weighted by Crippen LogP contribution is 2.30. The molecule has 1 heterocycles. The second kappa shape index (κ2) is 5.74. The Morgan fingerprint density at radius 3 is 2.58 bits per heavy atom. The summed E-state index contributed by atoms with van der Waals surface area (Å²) in [5.74, 6) is -1.97. The van der Waals surface area contributed by atoms with Crippen LogP contribution in [-0.2, 0) is 17.8 Å². The van der Waals surface area contributed by atoms with Gasteiger partial charge in [-0.15, -0.1) is 13.2 Å². The van der Waals surface area contributed by atoms with Crippen LogP contribution in [0.2, 0.25) is 0 Å². The lowest BCUT2D eigenvalue weighted by Crippen LogP contribution is -2.20. The SMILES string of the molecule is COc1nc(CN)c(OC(F)(F)F)cc1CC(=O)O. The van der Waals surface area contributed by atoms with Crippen molar-refractivity contribution in [3.63, 3.8) is 0 Å². The Labute approximate surface area is 105 Å². The molecule has 0 saturated heterocycles. The van der Waals surface area contributed by atoms with Gasteiger partial charge in [0.25, 0.3) is 0 Å². The first-order valence-electron chi connectivity index (χ1n) is 5.01. The summed E-state index contributed by atoms with van der Waals surface area (Å²) in [6.45, 7) is -0.310. The zero-order valence-electron chi connectivity index (χ0n) is 9.82. The van der Waals surface area contributed by atoms with Crippen LogP contribution in [-0.4, -0.2) is 29.5 Å². The molecule has 6 nitrogen and oxygen atoms in total. The number of halogens is 3. The summed E-state index contributed by atoms with van der Waals surface area (Å²) < 4.78 is 45.1. The van der Waals surface area contributed by atoms with Gasteiger partial charge in [-0.05, 0) is 6.07 Å². The Morgan fingerprint density at radius 1 is 1.53 bits per heavy atom. The number of carboxylic acid groups (broad SMARTS) is 1. The number of aliphatic carboxylic acids is 1. The molecule has 0 atom stereocenters. The van der Waals surface area contributed by atoms with Crippen LogP contribution in [0.3, 0.4) is 0 Å². The average Bonchev–Trinajstić information content (AvgIpc) is 2.26. The minimum Gasteiger partial charge on any atom is -0.481 e. The number of nitrogens with zero attached hydrogens (tertiary/aromatic N) is 1. The lowest BCUT2D eigenvalue weighted by molar-refractivity contribution is -0.275. The molecular formula is C10H11F3N2O4. The number of methoxy groups -OCH3 is 1. The van der Waals surface area contributed by atoms with E-state index >= 15 is 0 Å². The number of hydrogen-bond acceptors (Lipinski definition) is 5. The van der Waals surface area contributed by atoms with Crippen LogP contribution in [0.25, 0.3) is 0 Å². The first-order valence-corrected chi connectivity index (χ1v) is 5.01. The maximum absolute atomic E-state index is 12.2. The summed E-state index contributed by atoms with van der Waals surface area (Å²) in [6.07, 6.45) is -5.46. The van der Waals surface area contributed by atoms with Crippen molar-refractivity contribution in [1.82, 2.24) is 4.98 Å². The molecule has 0 fully saturated rings. The van der Waals surface area contributed by atoms with Crippen LogP contribution in [0.4, 0.5) is 13.2 Å². The van der Waals surface area contributed by atoms with Crippen molar-refractivity contribution in [2.75, 3.05) is 7.11 Å². The second-order valence-corrected chi connectivity index (χ2v) is 3.42. The minimum atomic E-state index is -4.92. The molecule has 0 saturated carbocycles. The van der Waals surface area contributed by atoms with Crippen LogP contribution < -0.4 is 15.2 Å². The van der Waals surface area contributed by atoms with Gasteiger partial charge in [0.1, 0.15) is 5.69 Å². The first kappa shape index (κ1) is 15.0. The Balaban J connectivity index is 3.24. The predicted octanol–water partition coefficient (Wildman–Crippen LogP) is 1.07. The fraction of sp³-hybridized carbons (Fsp3) is 0.400. The molecule has 1 aromatic rings. The molecule has 0 aliphatic rings. The lowest BCUT2D eigenvalue weighted by atomic mass is 10.1. The molecular weight excluding hydrogens is 269 g/mol. The number of hydrogen-bond donors (Lipinski definition) is 2. The highest BCUT2D eigenvalue weighted by molar-refractivity contribution is 5.71. The molecule has 0 unspecified atom stereocenters. The number of alkyl halides is 3. The van der Waals surface area contributed by atoms with Gasteiger partial charge in [-0.25, -0.2) is 4.98 Å². The Morgan fingerprint density at radius 2 is 2.16 bits per heavy atom. The van der Waals surface area contributed by atoms with E-state index in [4.69, 9.17) is 15.6 Å². The number of aromatic nitrogens is 1. The lowest BCUT2D eigenvalue weighted by Gasteiger charge is -2.15. The van der Waals surface area contributed by atoms with E-state index < -0.39 is 24.5 Å². The van der Waals surface area contributed by atoms with E-state index in [1.54, 1.807) is 0 Å².